The quantitative estimate of drug-likeness (QED) is 0.742. The highest BCUT2D eigenvalue weighted by Gasteiger charge is 2.11. The van der Waals surface area contributed by atoms with Crippen LogP contribution in [0.5, 0.6) is 5.75 Å². The molecule has 0 heterocycles. The van der Waals surface area contributed by atoms with Gasteiger partial charge in [0.2, 0.25) is 5.91 Å². The van der Waals surface area contributed by atoms with E-state index in [1.807, 2.05) is 0 Å². The highest BCUT2D eigenvalue weighted by atomic mass is 35.5. The summed E-state index contributed by atoms with van der Waals surface area (Å²) in [4.78, 5) is 23.6. The number of amides is 1. The summed E-state index contributed by atoms with van der Waals surface area (Å²) in [6, 6.07) is 9.57. The molecule has 2 aromatic carbocycles. The molecule has 0 spiro atoms. The van der Waals surface area contributed by atoms with E-state index in [2.05, 4.69) is 15.4 Å². The Balaban J connectivity index is 2.00. The van der Waals surface area contributed by atoms with Gasteiger partial charge in [-0.15, -0.1) is 0 Å². The highest BCUT2D eigenvalue weighted by Crippen LogP contribution is 2.27. The van der Waals surface area contributed by atoms with E-state index in [-0.39, 0.29) is 18.0 Å². The van der Waals surface area contributed by atoms with Crippen LogP contribution in [0.3, 0.4) is 0 Å². The van der Waals surface area contributed by atoms with Crippen molar-refractivity contribution in [2.45, 2.75) is 0 Å². The van der Waals surface area contributed by atoms with E-state index in [1.165, 1.54) is 32.4 Å². The maximum atomic E-state index is 12.1. The first-order valence-electron chi connectivity index (χ1n) is 7.19. The summed E-state index contributed by atoms with van der Waals surface area (Å²) in [7, 11) is 2.80. The van der Waals surface area contributed by atoms with Crippen molar-refractivity contribution >= 4 is 46.5 Å². The maximum Gasteiger partial charge on any atom is 0.337 e. The first-order valence-corrected chi connectivity index (χ1v) is 7.95. The number of halogens is 2. The SMILES string of the molecule is COC(=O)c1ccc(Cl)c(NC(=O)CNc2ccc(OC)c(Cl)c2)c1. The Morgan fingerprint density at radius 2 is 1.80 bits per heavy atom. The first kappa shape index (κ1) is 18.9. The van der Waals surface area contributed by atoms with Crippen LogP contribution in [-0.2, 0) is 9.53 Å². The molecule has 0 fully saturated rings. The van der Waals surface area contributed by atoms with Crippen LogP contribution in [0.4, 0.5) is 11.4 Å². The summed E-state index contributed by atoms with van der Waals surface area (Å²) >= 11 is 12.1. The first-order chi connectivity index (χ1) is 11.9. The molecule has 0 atom stereocenters. The standard InChI is InChI=1S/C17H16Cl2N2O4/c1-24-15-6-4-11(8-13(15)19)20-9-16(22)21-14-7-10(17(23)25-2)3-5-12(14)18/h3-8,20H,9H2,1-2H3,(H,21,22). The molecule has 0 bridgehead atoms. The van der Waals surface area contributed by atoms with Crippen molar-refractivity contribution < 1.29 is 19.1 Å². The summed E-state index contributed by atoms with van der Waals surface area (Å²) in [6.07, 6.45) is 0. The fraction of sp³-hybridized carbons (Fsp3) is 0.176. The Hall–Kier alpha value is -2.44. The van der Waals surface area contributed by atoms with Gasteiger partial charge in [0.25, 0.3) is 0 Å². The van der Waals surface area contributed by atoms with Crippen LogP contribution >= 0.6 is 23.2 Å². The van der Waals surface area contributed by atoms with Crippen molar-refractivity contribution in [3.8, 4) is 5.75 Å². The van der Waals surface area contributed by atoms with E-state index < -0.39 is 5.97 Å². The topological polar surface area (TPSA) is 76.7 Å². The minimum absolute atomic E-state index is 0.0125. The second-order valence-corrected chi connectivity index (χ2v) is 5.75. The fourth-order valence-corrected chi connectivity index (χ4v) is 2.44. The summed E-state index contributed by atoms with van der Waals surface area (Å²) in [6.45, 7) is -0.0125. The van der Waals surface area contributed by atoms with Gasteiger partial charge in [0.15, 0.2) is 0 Å². The Labute approximate surface area is 155 Å². The number of hydrogen-bond acceptors (Lipinski definition) is 5. The number of nitrogens with one attached hydrogen (secondary N) is 2. The molecule has 1 amide bonds. The van der Waals surface area contributed by atoms with E-state index in [1.54, 1.807) is 18.2 Å². The van der Waals surface area contributed by atoms with E-state index >= 15 is 0 Å². The second kappa shape index (κ2) is 8.60. The van der Waals surface area contributed by atoms with Gasteiger partial charge in [-0.3, -0.25) is 4.79 Å². The van der Waals surface area contributed by atoms with Crippen molar-refractivity contribution in [2.75, 3.05) is 31.4 Å². The maximum absolute atomic E-state index is 12.1. The van der Waals surface area contributed by atoms with E-state index in [4.69, 9.17) is 27.9 Å². The predicted molar refractivity (Wildman–Crippen MR) is 97.9 cm³/mol. The zero-order chi connectivity index (χ0) is 18.4. The number of anilines is 2. The molecule has 8 heteroatoms. The van der Waals surface area contributed by atoms with Crippen LogP contribution in [0, 0.1) is 0 Å². The molecule has 25 heavy (non-hydrogen) atoms. The molecular weight excluding hydrogens is 367 g/mol. The summed E-state index contributed by atoms with van der Waals surface area (Å²) in [5.74, 6) is -0.308. The van der Waals surface area contributed by atoms with Gasteiger partial charge in [-0.25, -0.2) is 4.79 Å². The Morgan fingerprint density at radius 1 is 1.04 bits per heavy atom. The summed E-state index contributed by atoms with van der Waals surface area (Å²) < 4.78 is 9.71. The van der Waals surface area contributed by atoms with Crippen molar-refractivity contribution in [2.24, 2.45) is 0 Å². The van der Waals surface area contributed by atoms with Crippen LogP contribution in [-0.4, -0.2) is 32.6 Å². The zero-order valence-electron chi connectivity index (χ0n) is 13.6. The van der Waals surface area contributed by atoms with Crippen molar-refractivity contribution in [1.82, 2.24) is 0 Å². The lowest BCUT2D eigenvalue weighted by atomic mass is 10.2. The third-order valence-corrected chi connectivity index (χ3v) is 3.89. The molecule has 0 unspecified atom stereocenters. The van der Waals surface area contributed by atoms with E-state index in [9.17, 15) is 9.59 Å². The lowest BCUT2D eigenvalue weighted by molar-refractivity contribution is -0.114. The molecule has 2 rings (SSSR count). The molecule has 0 radical (unpaired) electrons. The number of carbonyl (C=O) groups excluding carboxylic acids is 2. The van der Waals surface area contributed by atoms with Gasteiger partial charge < -0.3 is 20.1 Å². The Kier molecular flexibility index (Phi) is 6.50. The van der Waals surface area contributed by atoms with E-state index in [0.717, 1.165) is 0 Å². The number of ether oxygens (including phenoxy) is 2. The van der Waals surface area contributed by atoms with Gasteiger partial charge >= 0.3 is 5.97 Å². The number of rotatable bonds is 6. The normalized spacial score (nSPS) is 10.1. The molecule has 0 aliphatic heterocycles. The van der Waals surface area contributed by atoms with Crippen molar-refractivity contribution in [1.29, 1.82) is 0 Å². The number of esters is 1. The number of hydrogen-bond donors (Lipinski definition) is 2. The monoisotopic (exact) mass is 382 g/mol. The Bertz CT molecular complexity index is 796. The molecule has 0 aliphatic rings. The highest BCUT2D eigenvalue weighted by molar-refractivity contribution is 6.34. The summed E-state index contributed by atoms with van der Waals surface area (Å²) in [5, 5.41) is 6.32. The number of methoxy groups -OCH3 is 2. The molecule has 0 saturated heterocycles. The van der Waals surface area contributed by atoms with Gasteiger partial charge in [0.05, 0.1) is 42.1 Å². The van der Waals surface area contributed by atoms with E-state index in [0.29, 0.717) is 27.2 Å². The number of carbonyl (C=O) groups is 2. The lowest BCUT2D eigenvalue weighted by Crippen LogP contribution is -2.22. The molecule has 2 aromatic rings. The molecule has 0 aromatic heterocycles. The third kappa shape index (κ3) is 5.01. The number of benzene rings is 2. The zero-order valence-corrected chi connectivity index (χ0v) is 15.1. The second-order valence-electron chi connectivity index (χ2n) is 4.94. The van der Waals surface area contributed by atoms with Crippen LogP contribution < -0.4 is 15.4 Å². The smallest absolute Gasteiger partial charge is 0.337 e. The minimum atomic E-state index is -0.516. The van der Waals surface area contributed by atoms with Crippen LogP contribution in [0.25, 0.3) is 0 Å². The minimum Gasteiger partial charge on any atom is -0.495 e. The fourth-order valence-electron chi connectivity index (χ4n) is 2.02. The molecule has 132 valence electrons. The van der Waals surface area contributed by atoms with Gasteiger partial charge in [-0.1, -0.05) is 23.2 Å². The van der Waals surface area contributed by atoms with Crippen LogP contribution in [0.2, 0.25) is 10.0 Å². The molecule has 0 aliphatic carbocycles. The third-order valence-electron chi connectivity index (χ3n) is 3.27. The predicted octanol–water partition coefficient (Wildman–Crippen LogP) is 3.84. The molecular formula is C17H16Cl2N2O4. The van der Waals surface area contributed by atoms with Crippen molar-refractivity contribution in [3.63, 3.8) is 0 Å². The van der Waals surface area contributed by atoms with Gasteiger partial charge in [0, 0.05) is 5.69 Å². The van der Waals surface area contributed by atoms with Crippen molar-refractivity contribution in [3.05, 3.63) is 52.0 Å². The molecule has 6 nitrogen and oxygen atoms in total. The lowest BCUT2D eigenvalue weighted by Gasteiger charge is -2.11. The average Bonchev–Trinajstić information content (AvgIpc) is 2.61. The van der Waals surface area contributed by atoms with Gasteiger partial charge in [-0.05, 0) is 36.4 Å². The molecule has 2 N–H and O–H groups in total. The molecule has 0 saturated carbocycles. The average molecular weight is 383 g/mol. The van der Waals surface area contributed by atoms with Gasteiger partial charge in [-0.2, -0.15) is 0 Å². The van der Waals surface area contributed by atoms with Gasteiger partial charge in [0.1, 0.15) is 5.75 Å². The Morgan fingerprint density at radius 3 is 2.44 bits per heavy atom. The summed E-state index contributed by atoms with van der Waals surface area (Å²) in [5.41, 5.74) is 1.27. The van der Waals surface area contributed by atoms with Crippen LogP contribution in [0.15, 0.2) is 36.4 Å². The van der Waals surface area contributed by atoms with Crippen LogP contribution in [0.1, 0.15) is 10.4 Å². The largest absolute Gasteiger partial charge is 0.495 e.